The molecular weight excluding hydrogens is 285 g/mol. The molecule has 2 rings (SSSR count). The summed E-state index contributed by atoms with van der Waals surface area (Å²) in [6, 6.07) is 0. The van der Waals surface area contributed by atoms with Crippen LogP contribution in [-0.2, 0) is 6.18 Å². The van der Waals surface area contributed by atoms with Crippen LogP contribution in [0.5, 0.6) is 0 Å². The second-order valence-electron chi connectivity index (χ2n) is 5.73. The van der Waals surface area contributed by atoms with E-state index in [2.05, 4.69) is 14.7 Å². The van der Waals surface area contributed by atoms with Crippen LogP contribution in [0.25, 0.3) is 5.57 Å². The quantitative estimate of drug-likeness (QED) is 0.808. The maximum atomic E-state index is 12.5. The number of rotatable bonds is 1. The van der Waals surface area contributed by atoms with Gasteiger partial charge in [0, 0.05) is 11.0 Å². The molecule has 0 fully saturated rings. The standard InChI is InChI=1S/C14H15F3N2O2/c1-12(2)6-7-13(3,20)5-4-9(8-12)10-18-11(21-19-10)14(15,16)17/h4-8,20H,1-3H3. The van der Waals surface area contributed by atoms with Gasteiger partial charge in [-0.25, -0.2) is 0 Å². The van der Waals surface area contributed by atoms with Crippen molar-refractivity contribution in [3.8, 4) is 0 Å². The zero-order valence-corrected chi connectivity index (χ0v) is 11.8. The Balaban J connectivity index is 2.46. The molecule has 1 aliphatic rings. The monoisotopic (exact) mass is 300 g/mol. The highest BCUT2D eigenvalue weighted by atomic mass is 19.4. The number of hydrogen-bond donors (Lipinski definition) is 1. The average Bonchev–Trinajstić information content (AvgIpc) is 2.80. The Hall–Kier alpha value is -1.89. The summed E-state index contributed by atoms with van der Waals surface area (Å²) < 4.78 is 41.7. The lowest BCUT2D eigenvalue weighted by atomic mass is 9.86. The maximum Gasteiger partial charge on any atom is 0.471 e. The number of halogens is 3. The van der Waals surface area contributed by atoms with Gasteiger partial charge in [0.05, 0.1) is 5.60 Å². The van der Waals surface area contributed by atoms with Crippen molar-refractivity contribution in [2.24, 2.45) is 5.41 Å². The summed E-state index contributed by atoms with van der Waals surface area (Å²) >= 11 is 0. The van der Waals surface area contributed by atoms with Gasteiger partial charge in [-0.3, -0.25) is 0 Å². The van der Waals surface area contributed by atoms with E-state index >= 15 is 0 Å². The van der Waals surface area contributed by atoms with Gasteiger partial charge < -0.3 is 9.63 Å². The molecule has 0 aliphatic heterocycles. The van der Waals surface area contributed by atoms with Crippen LogP contribution in [-0.4, -0.2) is 20.8 Å². The summed E-state index contributed by atoms with van der Waals surface area (Å²) in [5, 5.41) is 13.4. The van der Waals surface area contributed by atoms with Crippen molar-refractivity contribution < 1.29 is 22.8 Å². The van der Waals surface area contributed by atoms with Crippen LogP contribution in [0, 0.1) is 5.41 Å². The summed E-state index contributed by atoms with van der Waals surface area (Å²) in [6.07, 6.45) is 3.35. The molecule has 0 amide bonds. The van der Waals surface area contributed by atoms with Crippen LogP contribution in [0.15, 0.2) is 34.9 Å². The van der Waals surface area contributed by atoms with Crippen LogP contribution < -0.4 is 0 Å². The summed E-state index contributed by atoms with van der Waals surface area (Å²) in [4.78, 5) is 3.36. The van der Waals surface area contributed by atoms with E-state index in [4.69, 9.17) is 0 Å². The van der Waals surface area contributed by atoms with Crippen molar-refractivity contribution in [2.75, 3.05) is 0 Å². The molecule has 4 nitrogen and oxygen atoms in total. The lowest BCUT2D eigenvalue weighted by Gasteiger charge is -2.22. The minimum atomic E-state index is -4.68. The number of nitrogens with zero attached hydrogens (tertiary/aromatic N) is 2. The van der Waals surface area contributed by atoms with Crippen LogP contribution >= 0.6 is 0 Å². The Labute approximate surface area is 119 Å². The van der Waals surface area contributed by atoms with Crippen LogP contribution in [0.1, 0.15) is 32.5 Å². The molecule has 1 unspecified atom stereocenters. The van der Waals surface area contributed by atoms with Gasteiger partial charge in [-0.05, 0) is 13.0 Å². The molecule has 1 heterocycles. The van der Waals surface area contributed by atoms with Crippen molar-refractivity contribution in [3.05, 3.63) is 42.1 Å². The first kappa shape index (κ1) is 15.5. The maximum absolute atomic E-state index is 12.5. The van der Waals surface area contributed by atoms with Crippen LogP contribution in [0.2, 0.25) is 0 Å². The molecule has 1 N–H and O–H groups in total. The smallest absolute Gasteiger partial charge is 0.382 e. The van der Waals surface area contributed by atoms with Gasteiger partial charge in [0.25, 0.3) is 0 Å². The second kappa shape index (κ2) is 4.84. The average molecular weight is 300 g/mol. The topological polar surface area (TPSA) is 59.2 Å². The highest BCUT2D eigenvalue weighted by molar-refractivity contribution is 5.71. The Bertz CT molecular complexity index is 622. The highest BCUT2D eigenvalue weighted by Crippen LogP contribution is 2.32. The lowest BCUT2D eigenvalue weighted by molar-refractivity contribution is -0.159. The van der Waals surface area contributed by atoms with E-state index in [9.17, 15) is 18.3 Å². The third kappa shape index (κ3) is 3.81. The Morgan fingerprint density at radius 1 is 1.14 bits per heavy atom. The Morgan fingerprint density at radius 2 is 1.81 bits per heavy atom. The van der Waals surface area contributed by atoms with Gasteiger partial charge in [0.15, 0.2) is 0 Å². The van der Waals surface area contributed by atoms with Gasteiger partial charge >= 0.3 is 12.1 Å². The van der Waals surface area contributed by atoms with Crippen molar-refractivity contribution >= 4 is 5.57 Å². The molecule has 0 saturated heterocycles. The Morgan fingerprint density at radius 3 is 2.38 bits per heavy atom. The van der Waals surface area contributed by atoms with Crippen LogP contribution in [0.4, 0.5) is 13.2 Å². The Kier molecular flexibility index (Phi) is 3.57. The molecule has 0 saturated carbocycles. The molecule has 1 aromatic rings. The first-order chi connectivity index (χ1) is 9.49. The molecule has 114 valence electrons. The van der Waals surface area contributed by atoms with Crippen molar-refractivity contribution in [3.63, 3.8) is 0 Å². The van der Waals surface area contributed by atoms with E-state index in [1.807, 2.05) is 13.8 Å². The zero-order valence-electron chi connectivity index (χ0n) is 11.8. The summed E-state index contributed by atoms with van der Waals surface area (Å²) in [7, 11) is 0. The third-order valence-corrected chi connectivity index (χ3v) is 2.90. The SMILES string of the molecule is CC1(C)C=CC(C)(O)C=CC(c2noc(C(F)(F)F)n2)=C1. The van der Waals surface area contributed by atoms with E-state index in [-0.39, 0.29) is 5.82 Å². The van der Waals surface area contributed by atoms with E-state index in [0.717, 1.165) is 0 Å². The fourth-order valence-electron chi connectivity index (χ4n) is 1.79. The van der Waals surface area contributed by atoms with Crippen LogP contribution in [0.3, 0.4) is 0 Å². The predicted molar refractivity (Wildman–Crippen MR) is 70.0 cm³/mol. The fourth-order valence-corrected chi connectivity index (χ4v) is 1.79. The molecule has 0 radical (unpaired) electrons. The van der Waals surface area contributed by atoms with Crippen molar-refractivity contribution in [1.82, 2.24) is 10.1 Å². The minimum absolute atomic E-state index is 0.169. The summed E-state index contributed by atoms with van der Waals surface area (Å²) in [6.45, 7) is 5.27. The number of allylic oxidation sites excluding steroid dienone is 4. The number of alkyl halides is 3. The van der Waals surface area contributed by atoms with Crippen molar-refractivity contribution in [2.45, 2.75) is 32.5 Å². The number of aromatic nitrogens is 2. The van der Waals surface area contributed by atoms with Gasteiger partial charge in [0.1, 0.15) is 0 Å². The number of hydrogen-bond acceptors (Lipinski definition) is 4. The summed E-state index contributed by atoms with van der Waals surface area (Å²) in [5.74, 6) is -1.56. The summed E-state index contributed by atoms with van der Waals surface area (Å²) in [5.41, 5.74) is -1.33. The molecule has 7 heteroatoms. The van der Waals surface area contributed by atoms with E-state index < -0.39 is 23.1 Å². The minimum Gasteiger partial charge on any atom is -0.382 e. The lowest BCUT2D eigenvalue weighted by Crippen LogP contribution is -2.20. The van der Waals surface area contributed by atoms with Gasteiger partial charge in [0.2, 0.25) is 5.82 Å². The highest BCUT2D eigenvalue weighted by Gasteiger charge is 2.38. The first-order valence-electron chi connectivity index (χ1n) is 6.25. The van der Waals surface area contributed by atoms with E-state index in [1.54, 1.807) is 25.2 Å². The third-order valence-electron chi connectivity index (χ3n) is 2.90. The molecule has 1 aromatic heterocycles. The molecule has 0 spiro atoms. The zero-order chi connectivity index (χ0) is 15.9. The van der Waals surface area contributed by atoms with Crippen molar-refractivity contribution in [1.29, 1.82) is 0 Å². The van der Waals surface area contributed by atoms with E-state index in [0.29, 0.717) is 5.57 Å². The molecule has 21 heavy (non-hydrogen) atoms. The molecular formula is C14H15F3N2O2. The second-order valence-corrected chi connectivity index (χ2v) is 5.73. The predicted octanol–water partition coefficient (Wildman–Crippen LogP) is 3.38. The van der Waals surface area contributed by atoms with E-state index in [1.165, 1.54) is 12.2 Å². The molecule has 1 atom stereocenters. The first-order valence-corrected chi connectivity index (χ1v) is 6.25. The molecule has 0 aromatic carbocycles. The fraction of sp³-hybridized carbons (Fsp3) is 0.429. The molecule has 0 bridgehead atoms. The van der Waals surface area contributed by atoms with Gasteiger partial charge in [-0.15, -0.1) is 0 Å². The van der Waals surface area contributed by atoms with Gasteiger partial charge in [-0.1, -0.05) is 43.3 Å². The molecule has 1 aliphatic carbocycles. The normalized spacial score (nSPS) is 25.4. The van der Waals surface area contributed by atoms with Gasteiger partial charge in [-0.2, -0.15) is 18.2 Å². The largest absolute Gasteiger partial charge is 0.471 e. The number of aliphatic hydroxyl groups is 1.